The summed E-state index contributed by atoms with van der Waals surface area (Å²) in [7, 11) is 0. The number of carbonyl (C=O) groups is 3. The Bertz CT molecular complexity index is 603. The molecule has 1 aromatic carbocycles. The molecule has 1 aromatic rings. The first kappa shape index (κ1) is 17.4. The van der Waals surface area contributed by atoms with Crippen LogP contribution in [0.3, 0.4) is 0 Å². The predicted molar refractivity (Wildman–Crippen MR) is 79.1 cm³/mol. The molecular weight excluding hydrogens is 288 g/mol. The average Bonchev–Trinajstić information content (AvgIpc) is 2.46. The quantitative estimate of drug-likeness (QED) is 0.435. The second-order valence-electron chi connectivity index (χ2n) is 4.86. The van der Waals surface area contributed by atoms with Crippen LogP contribution in [-0.2, 0) is 16.0 Å². The van der Waals surface area contributed by atoms with Gasteiger partial charge >= 0.3 is 17.9 Å². The fourth-order valence-electron chi connectivity index (χ4n) is 1.83. The molecule has 22 heavy (non-hydrogen) atoms. The maximum absolute atomic E-state index is 11.2. The summed E-state index contributed by atoms with van der Waals surface area (Å²) in [5, 5.41) is 18.0. The molecule has 6 nitrogen and oxygen atoms in total. The van der Waals surface area contributed by atoms with Gasteiger partial charge in [0.2, 0.25) is 0 Å². The lowest BCUT2D eigenvalue weighted by Gasteiger charge is -2.07. The highest BCUT2D eigenvalue weighted by Crippen LogP contribution is 2.15. The number of ether oxygens (including phenoxy) is 1. The summed E-state index contributed by atoms with van der Waals surface area (Å²) in [6.45, 7) is 5.31. The number of hydrogen-bond acceptors (Lipinski definition) is 4. The number of aromatic carboxylic acids is 2. The molecule has 0 bridgehead atoms. The number of rotatable bonds is 8. The molecule has 0 heterocycles. The van der Waals surface area contributed by atoms with Crippen LogP contribution in [-0.4, -0.2) is 34.7 Å². The van der Waals surface area contributed by atoms with Gasteiger partial charge in [-0.05, 0) is 43.9 Å². The molecule has 0 aliphatic carbocycles. The largest absolute Gasteiger partial charge is 0.478 e. The van der Waals surface area contributed by atoms with Crippen molar-refractivity contribution in [1.29, 1.82) is 0 Å². The molecule has 0 amide bonds. The number of carboxylic acids is 2. The van der Waals surface area contributed by atoms with Crippen LogP contribution in [0.4, 0.5) is 0 Å². The molecule has 0 aliphatic heterocycles. The minimum Gasteiger partial charge on any atom is -0.478 e. The van der Waals surface area contributed by atoms with Crippen LogP contribution >= 0.6 is 0 Å². The summed E-state index contributed by atoms with van der Waals surface area (Å²) >= 11 is 0. The maximum Gasteiger partial charge on any atom is 0.336 e. The number of benzene rings is 1. The molecule has 2 N–H and O–H groups in total. The van der Waals surface area contributed by atoms with E-state index in [4.69, 9.17) is 14.9 Å². The normalized spacial score (nSPS) is 10.0. The number of hydrogen-bond donors (Lipinski definition) is 2. The molecule has 0 atom stereocenters. The minimum absolute atomic E-state index is 0.223. The lowest BCUT2D eigenvalue weighted by atomic mass is 10.0. The molecule has 0 fully saturated rings. The Morgan fingerprint density at radius 3 is 2.27 bits per heavy atom. The molecule has 0 saturated carbocycles. The van der Waals surface area contributed by atoms with Gasteiger partial charge in [-0.25, -0.2) is 14.4 Å². The summed E-state index contributed by atoms with van der Waals surface area (Å²) in [5.74, 6) is -2.97. The third kappa shape index (κ3) is 5.05. The molecule has 0 radical (unpaired) electrons. The van der Waals surface area contributed by atoms with E-state index in [0.29, 0.717) is 24.8 Å². The van der Waals surface area contributed by atoms with E-state index in [-0.39, 0.29) is 17.7 Å². The first-order valence-electron chi connectivity index (χ1n) is 6.75. The number of carboxylic acid groups (broad SMARTS) is 2. The van der Waals surface area contributed by atoms with Crippen molar-refractivity contribution >= 4 is 17.9 Å². The maximum atomic E-state index is 11.2. The van der Waals surface area contributed by atoms with E-state index in [2.05, 4.69) is 6.58 Å². The van der Waals surface area contributed by atoms with Crippen LogP contribution in [0.5, 0.6) is 0 Å². The van der Waals surface area contributed by atoms with Crippen LogP contribution in [0.1, 0.15) is 46.0 Å². The van der Waals surface area contributed by atoms with Crippen molar-refractivity contribution in [1.82, 2.24) is 0 Å². The molecule has 0 aliphatic rings. The zero-order chi connectivity index (χ0) is 16.7. The first-order chi connectivity index (χ1) is 10.3. The van der Waals surface area contributed by atoms with Gasteiger partial charge in [-0.15, -0.1) is 0 Å². The second kappa shape index (κ2) is 7.97. The molecule has 6 heteroatoms. The van der Waals surface area contributed by atoms with Gasteiger partial charge in [-0.1, -0.05) is 12.6 Å². The van der Waals surface area contributed by atoms with Crippen LogP contribution < -0.4 is 0 Å². The monoisotopic (exact) mass is 306 g/mol. The Labute approximate surface area is 128 Å². The minimum atomic E-state index is -1.27. The third-order valence-corrected chi connectivity index (χ3v) is 2.99. The van der Waals surface area contributed by atoms with Crippen molar-refractivity contribution in [3.8, 4) is 0 Å². The molecule has 0 unspecified atom stereocenters. The smallest absolute Gasteiger partial charge is 0.336 e. The molecule has 0 spiro atoms. The SMILES string of the molecule is C=C(C)C(=O)OCCCCc1ccc(C(=O)O)c(C(=O)O)c1. The van der Waals surface area contributed by atoms with Crippen LogP contribution in [0.25, 0.3) is 0 Å². The first-order valence-corrected chi connectivity index (χ1v) is 6.75. The zero-order valence-electron chi connectivity index (χ0n) is 12.3. The Morgan fingerprint density at radius 1 is 1.09 bits per heavy atom. The Kier molecular flexibility index (Phi) is 6.31. The van der Waals surface area contributed by atoms with Gasteiger partial charge in [0, 0.05) is 5.57 Å². The highest BCUT2D eigenvalue weighted by molar-refractivity contribution is 6.01. The fourth-order valence-corrected chi connectivity index (χ4v) is 1.83. The predicted octanol–water partition coefficient (Wildman–Crippen LogP) is 2.53. The number of esters is 1. The highest BCUT2D eigenvalue weighted by atomic mass is 16.5. The van der Waals surface area contributed by atoms with Crippen molar-refractivity contribution in [2.45, 2.75) is 26.2 Å². The summed E-state index contributed by atoms with van der Waals surface area (Å²) in [4.78, 5) is 33.2. The van der Waals surface area contributed by atoms with Crippen molar-refractivity contribution < 1.29 is 29.3 Å². The number of unbranched alkanes of at least 4 members (excludes halogenated alkanes) is 1. The summed E-state index contributed by atoms with van der Waals surface area (Å²) in [5.41, 5.74) is 0.620. The number of aryl methyl sites for hydroxylation is 1. The van der Waals surface area contributed by atoms with Crippen molar-refractivity contribution in [2.75, 3.05) is 6.61 Å². The van der Waals surface area contributed by atoms with Gasteiger partial charge in [0.1, 0.15) is 0 Å². The van der Waals surface area contributed by atoms with E-state index in [1.165, 1.54) is 12.1 Å². The summed E-state index contributed by atoms with van der Waals surface area (Å²) in [6, 6.07) is 4.25. The molecule has 0 aromatic heterocycles. The van der Waals surface area contributed by atoms with Gasteiger partial charge in [-0.2, -0.15) is 0 Å². The van der Waals surface area contributed by atoms with E-state index in [9.17, 15) is 14.4 Å². The molecular formula is C16H18O6. The highest BCUT2D eigenvalue weighted by Gasteiger charge is 2.16. The molecule has 0 saturated heterocycles. The Balaban J connectivity index is 2.55. The van der Waals surface area contributed by atoms with Crippen LogP contribution in [0, 0.1) is 0 Å². The fraction of sp³-hybridized carbons (Fsp3) is 0.312. The molecule has 118 valence electrons. The Morgan fingerprint density at radius 2 is 1.73 bits per heavy atom. The van der Waals surface area contributed by atoms with E-state index in [0.717, 1.165) is 5.56 Å². The van der Waals surface area contributed by atoms with Gasteiger partial charge in [0.05, 0.1) is 17.7 Å². The molecule has 1 rings (SSSR count). The zero-order valence-corrected chi connectivity index (χ0v) is 12.3. The van der Waals surface area contributed by atoms with E-state index in [1.807, 2.05) is 0 Å². The van der Waals surface area contributed by atoms with E-state index < -0.39 is 17.9 Å². The van der Waals surface area contributed by atoms with Gasteiger partial charge < -0.3 is 14.9 Å². The van der Waals surface area contributed by atoms with Crippen LogP contribution in [0.2, 0.25) is 0 Å². The van der Waals surface area contributed by atoms with Crippen molar-refractivity contribution in [2.24, 2.45) is 0 Å². The lowest BCUT2D eigenvalue weighted by Crippen LogP contribution is -2.09. The van der Waals surface area contributed by atoms with Crippen molar-refractivity contribution in [3.05, 3.63) is 47.0 Å². The topological polar surface area (TPSA) is 101 Å². The average molecular weight is 306 g/mol. The standard InChI is InChI=1S/C16H18O6/c1-10(2)16(21)22-8-4-3-5-11-6-7-12(14(17)18)13(9-11)15(19)20/h6-7,9H,1,3-5,8H2,2H3,(H,17,18)(H,19,20). The summed E-state index contributed by atoms with van der Waals surface area (Å²) in [6.07, 6.45) is 1.89. The van der Waals surface area contributed by atoms with E-state index >= 15 is 0 Å². The van der Waals surface area contributed by atoms with Crippen molar-refractivity contribution in [3.63, 3.8) is 0 Å². The van der Waals surface area contributed by atoms with E-state index in [1.54, 1.807) is 13.0 Å². The van der Waals surface area contributed by atoms with Gasteiger partial charge in [-0.3, -0.25) is 0 Å². The van der Waals surface area contributed by atoms with Gasteiger partial charge in [0.15, 0.2) is 0 Å². The number of carbonyl (C=O) groups excluding carboxylic acids is 1. The Hall–Kier alpha value is -2.63. The lowest BCUT2D eigenvalue weighted by molar-refractivity contribution is -0.139. The summed E-state index contributed by atoms with van der Waals surface area (Å²) < 4.78 is 4.94. The third-order valence-electron chi connectivity index (χ3n) is 2.99. The second-order valence-corrected chi connectivity index (χ2v) is 4.86. The van der Waals surface area contributed by atoms with Gasteiger partial charge in [0.25, 0.3) is 0 Å². The van der Waals surface area contributed by atoms with Crippen LogP contribution in [0.15, 0.2) is 30.4 Å².